The van der Waals surface area contributed by atoms with E-state index in [0.717, 1.165) is 22.5 Å². The normalized spacial score (nSPS) is 10.6. The number of amides is 2. The van der Waals surface area contributed by atoms with Gasteiger partial charge in [-0.1, -0.05) is 59.9 Å². The van der Waals surface area contributed by atoms with Gasteiger partial charge in [-0.3, -0.25) is 9.59 Å². The number of carbonyl (C=O) groups excluding carboxylic acids is 2. The molecule has 0 unspecified atom stereocenters. The summed E-state index contributed by atoms with van der Waals surface area (Å²) in [5.74, 6) is 0.280. The van der Waals surface area contributed by atoms with Gasteiger partial charge in [0.05, 0.1) is 11.5 Å². The Morgan fingerprint density at radius 1 is 0.862 bits per heavy atom. The lowest BCUT2D eigenvalue weighted by Gasteiger charge is -2.07. The number of hydrogen-bond donors (Lipinski definition) is 2. The van der Waals surface area contributed by atoms with Crippen LogP contribution in [-0.2, 0) is 9.59 Å². The standard InChI is InChI=1S/C20H20N4O2S3/c1-13-7-3-5-9-15(13)21-17(25)11-27-19-23-20(29-24-19)28-12-18(26)22-16-10-6-4-8-14(16)2/h3-10H,11-12H2,1-2H3,(H,21,25)(H,22,26). The molecule has 3 rings (SSSR count). The number of rotatable bonds is 8. The lowest BCUT2D eigenvalue weighted by Crippen LogP contribution is -2.15. The maximum Gasteiger partial charge on any atom is 0.234 e. The highest BCUT2D eigenvalue weighted by Crippen LogP contribution is 2.25. The van der Waals surface area contributed by atoms with Crippen LogP contribution in [0.2, 0.25) is 0 Å². The van der Waals surface area contributed by atoms with Crippen molar-refractivity contribution in [1.82, 2.24) is 9.36 Å². The molecular formula is C20H20N4O2S3. The van der Waals surface area contributed by atoms with Gasteiger partial charge in [-0.2, -0.15) is 4.37 Å². The fourth-order valence-corrected chi connectivity index (χ4v) is 4.60. The van der Waals surface area contributed by atoms with Crippen LogP contribution in [0.15, 0.2) is 58.0 Å². The van der Waals surface area contributed by atoms with Crippen LogP contribution in [0.4, 0.5) is 11.4 Å². The van der Waals surface area contributed by atoms with Crippen molar-refractivity contribution in [3.63, 3.8) is 0 Å². The minimum atomic E-state index is -0.106. The first kappa shape index (κ1) is 21.4. The van der Waals surface area contributed by atoms with Crippen molar-refractivity contribution in [3.05, 3.63) is 59.7 Å². The van der Waals surface area contributed by atoms with Crippen LogP contribution in [0.1, 0.15) is 11.1 Å². The molecule has 0 spiro atoms. The summed E-state index contributed by atoms with van der Waals surface area (Å²) in [7, 11) is 0. The Hall–Kier alpha value is -2.36. The summed E-state index contributed by atoms with van der Waals surface area (Å²) in [5, 5.41) is 6.32. The Morgan fingerprint density at radius 3 is 1.93 bits per heavy atom. The number of para-hydroxylation sites is 2. The summed E-state index contributed by atoms with van der Waals surface area (Å²) in [6.07, 6.45) is 0. The number of benzene rings is 2. The molecule has 0 aliphatic heterocycles. The Morgan fingerprint density at radius 2 is 1.38 bits per heavy atom. The first-order chi connectivity index (χ1) is 14.0. The van der Waals surface area contributed by atoms with Crippen molar-refractivity contribution in [2.45, 2.75) is 23.3 Å². The number of nitrogens with one attached hydrogen (secondary N) is 2. The summed E-state index contributed by atoms with van der Waals surface area (Å²) < 4.78 is 4.95. The molecule has 2 amide bonds. The maximum absolute atomic E-state index is 12.1. The second-order valence-electron chi connectivity index (χ2n) is 6.15. The molecule has 0 saturated carbocycles. The first-order valence-electron chi connectivity index (χ1n) is 8.81. The Kier molecular flexibility index (Phi) is 7.68. The van der Waals surface area contributed by atoms with Crippen LogP contribution in [0.5, 0.6) is 0 Å². The van der Waals surface area contributed by atoms with E-state index in [4.69, 9.17) is 0 Å². The van der Waals surface area contributed by atoms with Crippen molar-refractivity contribution in [2.75, 3.05) is 22.1 Å². The van der Waals surface area contributed by atoms with Crippen LogP contribution in [-0.4, -0.2) is 32.7 Å². The van der Waals surface area contributed by atoms with Crippen molar-refractivity contribution in [2.24, 2.45) is 0 Å². The second kappa shape index (κ2) is 10.4. The molecule has 0 saturated heterocycles. The number of nitrogens with zero attached hydrogens (tertiary/aromatic N) is 2. The van der Waals surface area contributed by atoms with E-state index in [2.05, 4.69) is 20.0 Å². The van der Waals surface area contributed by atoms with Crippen molar-refractivity contribution in [1.29, 1.82) is 0 Å². The van der Waals surface area contributed by atoms with Crippen LogP contribution in [0, 0.1) is 13.8 Å². The largest absolute Gasteiger partial charge is 0.325 e. The average molecular weight is 445 g/mol. The van der Waals surface area contributed by atoms with Crippen molar-refractivity contribution >= 4 is 58.2 Å². The van der Waals surface area contributed by atoms with E-state index in [0.29, 0.717) is 9.50 Å². The molecule has 1 aromatic heterocycles. The van der Waals surface area contributed by atoms with Crippen LogP contribution in [0.3, 0.4) is 0 Å². The zero-order valence-corrected chi connectivity index (χ0v) is 18.4. The third-order valence-electron chi connectivity index (χ3n) is 3.89. The highest BCUT2D eigenvalue weighted by atomic mass is 32.2. The average Bonchev–Trinajstić information content (AvgIpc) is 3.16. The summed E-state index contributed by atoms with van der Waals surface area (Å²) >= 11 is 3.84. The highest BCUT2D eigenvalue weighted by Gasteiger charge is 2.11. The molecule has 1 heterocycles. The maximum atomic E-state index is 12.1. The summed E-state index contributed by atoms with van der Waals surface area (Å²) in [6, 6.07) is 15.3. The van der Waals surface area contributed by atoms with Crippen LogP contribution in [0.25, 0.3) is 0 Å². The number of hydrogen-bond acceptors (Lipinski definition) is 7. The SMILES string of the molecule is Cc1ccccc1NC(=O)CSc1nsc(SCC(=O)Nc2ccccc2C)n1. The van der Waals surface area contributed by atoms with E-state index in [1.165, 1.54) is 35.1 Å². The molecule has 0 atom stereocenters. The fraction of sp³-hybridized carbons (Fsp3) is 0.200. The van der Waals surface area contributed by atoms with E-state index in [1.54, 1.807) is 0 Å². The zero-order chi connectivity index (χ0) is 20.6. The summed E-state index contributed by atoms with van der Waals surface area (Å²) in [4.78, 5) is 28.6. The van der Waals surface area contributed by atoms with Gasteiger partial charge in [-0.05, 0) is 48.6 Å². The smallest absolute Gasteiger partial charge is 0.234 e. The third-order valence-corrected chi connectivity index (χ3v) is 6.68. The van der Waals surface area contributed by atoms with Gasteiger partial charge in [0.15, 0.2) is 4.34 Å². The van der Waals surface area contributed by atoms with Gasteiger partial charge in [0.2, 0.25) is 17.0 Å². The summed E-state index contributed by atoms with van der Waals surface area (Å²) in [6.45, 7) is 3.90. The Balaban J connectivity index is 1.43. The molecule has 29 heavy (non-hydrogen) atoms. The number of thioether (sulfide) groups is 2. The molecule has 6 nitrogen and oxygen atoms in total. The zero-order valence-electron chi connectivity index (χ0n) is 16.0. The van der Waals surface area contributed by atoms with E-state index >= 15 is 0 Å². The molecule has 0 radical (unpaired) electrons. The van der Waals surface area contributed by atoms with E-state index in [9.17, 15) is 9.59 Å². The number of anilines is 2. The second-order valence-corrected chi connectivity index (χ2v) is 9.06. The van der Waals surface area contributed by atoms with Gasteiger partial charge in [0.1, 0.15) is 0 Å². The Labute approximate surface area is 182 Å². The lowest BCUT2D eigenvalue weighted by molar-refractivity contribution is -0.114. The fourth-order valence-electron chi connectivity index (χ4n) is 2.37. The number of aromatic nitrogens is 2. The van der Waals surface area contributed by atoms with Crippen molar-refractivity contribution in [3.8, 4) is 0 Å². The molecule has 0 aliphatic carbocycles. The van der Waals surface area contributed by atoms with Gasteiger partial charge in [-0.15, -0.1) is 0 Å². The molecule has 2 N–H and O–H groups in total. The van der Waals surface area contributed by atoms with E-state index < -0.39 is 0 Å². The first-order valence-corrected chi connectivity index (χ1v) is 11.6. The Bertz CT molecular complexity index is 929. The topological polar surface area (TPSA) is 84.0 Å². The predicted octanol–water partition coefficient (Wildman–Crippen LogP) is 4.62. The van der Waals surface area contributed by atoms with Gasteiger partial charge in [0, 0.05) is 11.4 Å². The van der Waals surface area contributed by atoms with Crippen LogP contribution >= 0.6 is 35.1 Å². The van der Waals surface area contributed by atoms with E-state index in [-0.39, 0.29) is 23.3 Å². The number of carbonyl (C=O) groups is 2. The molecular weight excluding hydrogens is 424 g/mol. The van der Waals surface area contributed by atoms with Gasteiger partial charge >= 0.3 is 0 Å². The predicted molar refractivity (Wildman–Crippen MR) is 121 cm³/mol. The van der Waals surface area contributed by atoms with Crippen LogP contribution < -0.4 is 10.6 Å². The molecule has 2 aromatic carbocycles. The lowest BCUT2D eigenvalue weighted by atomic mass is 10.2. The van der Waals surface area contributed by atoms with E-state index in [1.807, 2.05) is 62.4 Å². The molecule has 0 aliphatic rings. The van der Waals surface area contributed by atoms with Gasteiger partial charge in [-0.25, -0.2) is 4.98 Å². The molecule has 9 heteroatoms. The third kappa shape index (κ3) is 6.59. The molecule has 0 bridgehead atoms. The molecule has 150 valence electrons. The molecule has 3 aromatic rings. The molecule has 0 fully saturated rings. The van der Waals surface area contributed by atoms with Gasteiger partial charge < -0.3 is 10.6 Å². The highest BCUT2D eigenvalue weighted by molar-refractivity contribution is 8.02. The minimum Gasteiger partial charge on any atom is -0.325 e. The van der Waals surface area contributed by atoms with Gasteiger partial charge in [0.25, 0.3) is 0 Å². The monoisotopic (exact) mass is 444 g/mol. The summed E-state index contributed by atoms with van der Waals surface area (Å²) in [5.41, 5.74) is 3.65. The quantitative estimate of drug-likeness (QED) is 0.494. The van der Waals surface area contributed by atoms with Crippen molar-refractivity contribution < 1.29 is 9.59 Å². The number of aryl methyl sites for hydroxylation is 2. The minimum absolute atomic E-state index is 0.0914.